The highest BCUT2D eigenvalue weighted by Crippen LogP contribution is 2.16. The van der Waals surface area contributed by atoms with Crippen LogP contribution in [-0.2, 0) is 9.59 Å². The number of ether oxygens (including phenoxy) is 1. The van der Waals surface area contributed by atoms with E-state index >= 15 is 0 Å². The number of phenolic OH excluding ortho intramolecular Hbond substituents is 1. The van der Waals surface area contributed by atoms with Crippen LogP contribution in [0.4, 0.5) is 0 Å². The van der Waals surface area contributed by atoms with Gasteiger partial charge in [0.25, 0.3) is 11.8 Å². The molecule has 1 aliphatic rings. The molecule has 0 fully saturated rings. The highest BCUT2D eigenvalue weighted by atomic mass is 16.5. The number of rotatable bonds is 6. The van der Waals surface area contributed by atoms with Crippen LogP contribution in [0, 0.1) is 0 Å². The van der Waals surface area contributed by atoms with E-state index in [4.69, 9.17) is 4.74 Å². The molecule has 0 aromatic heterocycles. The Labute approximate surface area is 167 Å². The highest BCUT2D eigenvalue weighted by Gasteiger charge is 2.18. The molecule has 0 saturated heterocycles. The predicted octanol–water partition coefficient (Wildman–Crippen LogP) is 2.20. The van der Waals surface area contributed by atoms with Crippen LogP contribution in [0.25, 0.3) is 6.08 Å². The van der Waals surface area contributed by atoms with Gasteiger partial charge in [0, 0.05) is 0 Å². The Morgan fingerprint density at radius 1 is 1.21 bits per heavy atom. The predicted molar refractivity (Wildman–Crippen MR) is 110 cm³/mol. The van der Waals surface area contributed by atoms with Crippen molar-refractivity contribution < 1.29 is 19.4 Å². The number of hydrogen-bond acceptors (Lipinski definition) is 6. The molecule has 1 aliphatic heterocycles. The van der Waals surface area contributed by atoms with Gasteiger partial charge in [-0.3, -0.25) is 9.59 Å². The van der Waals surface area contributed by atoms with E-state index in [1.165, 1.54) is 0 Å². The molecule has 0 radical (unpaired) electrons. The lowest BCUT2D eigenvalue weighted by atomic mass is 10.1. The number of hydrogen-bond donors (Lipinski definition) is 3. The molecule has 2 aromatic rings. The van der Waals surface area contributed by atoms with Crippen molar-refractivity contribution in [2.75, 3.05) is 6.61 Å². The maximum absolute atomic E-state index is 11.9. The number of amides is 2. The van der Waals surface area contributed by atoms with Crippen LogP contribution in [0.15, 0.2) is 64.3 Å². The van der Waals surface area contributed by atoms with Gasteiger partial charge in [0.15, 0.2) is 6.61 Å². The van der Waals surface area contributed by atoms with Gasteiger partial charge in [-0.15, -0.1) is 0 Å². The van der Waals surface area contributed by atoms with Crippen molar-refractivity contribution >= 4 is 29.3 Å². The summed E-state index contributed by atoms with van der Waals surface area (Å²) in [5.41, 5.74) is 8.19. The Morgan fingerprint density at radius 3 is 2.52 bits per heavy atom. The average molecular weight is 392 g/mol. The number of benzene rings is 2. The number of hydrazone groups is 2. The quantitative estimate of drug-likeness (QED) is 0.397. The fourth-order valence-corrected chi connectivity index (χ4v) is 2.51. The maximum Gasteiger partial charge on any atom is 0.277 e. The van der Waals surface area contributed by atoms with Crippen molar-refractivity contribution in [2.45, 2.75) is 13.8 Å². The minimum absolute atomic E-state index is 0.163. The van der Waals surface area contributed by atoms with Gasteiger partial charge in [-0.1, -0.05) is 12.1 Å². The maximum atomic E-state index is 11.9. The Kier molecular flexibility index (Phi) is 6.03. The van der Waals surface area contributed by atoms with Crippen LogP contribution in [0.5, 0.6) is 11.5 Å². The van der Waals surface area contributed by atoms with E-state index in [-0.39, 0.29) is 18.3 Å². The number of aromatic hydroxyl groups is 1. The van der Waals surface area contributed by atoms with Crippen LogP contribution in [0.3, 0.4) is 0 Å². The summed E-state index contributed by atoms with van der Waals surface area (Å²) in [7, 11) is 0. The number of phenols is 1. The number of carbonyl (C=O) groups is 2. The van der Waals surface area contributed by atoms with E-state index < -0.39 is 5.91 Å². The van der Waals surface area contributed by atoms with Crippen molar-refractivity contribution in [2.24, 2.45) is 10.2 Å². The smallest absolute Gasteiger partial charge is 0.277 e. The molecule has 2 aromatic carbocycles. The third-order valence-electron chi connectivity index (χ3n) is 4.15. The zero-order valence-corrected chi connectivity index (χ0v) is 16.0. The Balaban J connectivity index is 1.52. The molecular weight excluding hydrogens is 372 g/mol. The first-order valence-corrected chi connectivity index (χ1v) is 8.84. The fraction of sp³-hybridized carbons (Fsp3) is 0.143. The van der Waals surface area contributed by atoms with Gasteiger partial charge >= 0.3 is 0 Å². The molecule has 0 aliphatic carbocycles. The largest absolute Gasteiger partial charge is 0.508 e. The first-order chi connectivity index (χ1) is 13.9. The fourth-order valence-electron chi connectivity index (χ4n) is 2.51. The first-order valence-electron chi connectivity index (χ1n) is 8.84. The average Bonchev–Trinajstić information content (AvgIpc) is 3.04. The van der Waals surface area contributed by atoms with Crippen molar-refractivity contribution in [3.8, 4) is 11.5 Å². The zero-order chi connectivity index (χ0) is 20.8. The number of nitrogens with one attached hydrogen (secondary N) is 2. The SMILES string of the molecule is CC1=NNC(=O)/C1=C\c1ccc(OCC(=O)N/N=C(\C)c2ccc(O)cc2)cc1. The van der Waals surface area contributed by atoms with Crippen molar-refractivity contribution in [1.29, 1.82) is 0 Å². The van der Waals surface area contributed by atoms with E-state index in [2.05, 4.69) is 21.1 Å². The summed E-state index contributed by atoms with van der Waals surface area (Å²) in [4.78, 5) is 23.6. The molecule has 3 N–H and O–H groups in total. The molecular formula is C21H20N4O4. The topological polar surface area (TPSA) is 112 Å². The van der Waals surface area contributed by atoms with Gasteiger partial charge in [0.05, 0.1) is 17.0 Å². The molecule has 0 spiro atoms. The second-order valence-corrected chi connectivity index (χ2v) is 6.33. The second-order valence-electron chi connectivity index (χ2n) is 6.33. The van der Waals surface area contributed by atoms with Gasteiger partial charge < -0.3 is 9.84 Å². The molecule has 8 heteroatoms. The van der Waals surface area contributed by atoms with Gasteiger partial charge in [-0.2, -0.15) is 10.2 Å². The molecule has 2 amide bonds. The summed E-state index contributed by atoms with van der Waals surface area (Å²) in [6, 6.07) is 13.5. The van der Waals surface area contributed by atoms with Gasteiger partial charge in [0.2, 0.25) is 0 Å². The first kappa shape index (κ1) is 19.8. The van der Waals surface area contributed by atoms with E-state index in [0.29, 0.717) is 22.7 Å². The zero-order valence-electron chi connectivity index (χ0n) is 16.0. The van der Waals surface area contributed by atoms with Crippen molar-refractivity contribution in [3.63, 3.8) is 0 Å². The van der Waals surface area contributed by atoms with E-state index in [1.54, 1.807) is 68.5 Å². The van der Waals surface area contributed by atoms with E-state index in [9.17, 15) is 14.7 Å². The Morgan fingerprint density at radius 2 is 1.90 bits per heavy atom. The lowest BCUT2D eigenvalue weighted by molar-refractivity contribution is -0.123. The van der Waals surface area contributed by atoms with E-state index in [1.807, 2.05) is 0 Å². The number of carbonyl (C=O) groups excluding carboxylic acids is 2. The standard InChI is InChI=1S/C21H20N4O4/c1-13(16-5-7-17(26)8-6-16)22-24-20(27)12-29-18-9-3-15(4-10-18)11-19-14(2)23-25-21(19)28/h3-11,26H,12H2,1-2H3,(H,24,27)(H,25,28)/b19-11-,22-13+. The molecule has 3 rings (SSSR count). The van der Waals surface area contributed by atoms with Crippen LogP contribution in [0.2, 0.25) is 0 Å². The second kappa shape index (κ2) is 8.83. The summed E-state index contributed by atoms with van der Waals surface area (Å²) in [5, 5.41) is 17.2. The summed E-state index contributed by atoms with van der Waals surface area (Å²) in [6.07, 6.45) is 1.73. The van der Waals surface area contributed by atoms with Crippen LogP contribution in [0.1, 0.15) is 25.0 Å². The minimum atomic E-state index is -0.399. The van der Waals surface area contributed by atoms with Gasteiger partial charge in [-0.05, 0) is 67.4 Å². The summed E-state index contributed by atoms with van der Waals surface area (Å²) < 4.78 is 5.45. The Hall–Kier alpha value is -3.94. The molecule has 0 atom stereocenters. The van der Waals surface area contributed by atoms with Crippen LogP contribution >= 0.6 is 0 Å². The van der Waals surface area contributed by atoms with Crippen LogP contribution in [-0.4, -0.2) is 35.0 Å². The monoisotopic (exact) mass is 392 g/mol. The molecule has 0 unspecified atom stereocenters. The lowest BCUT2D eigenvalue weighted by Crippen LogP contribution is -2.25. The number of nitrogens with zero attached hydrogens (tertiary/aromatic N) is 2. The molecule has 148 valence electrons. The molecule has 8 nitrogen and oxygen atoms in total. The Bertz CT molecular complexity index is 1010. The van der Waals surface area contributed by atoms with Gasteiger partial charge in [-0.25, -0.2) is 10.9 Å². The normalized spacial score (nSPS) is 15.1. The third-order valence-corrected chi connectivity index (χ3v) is 4.15. The minimum Gasteiger partial charge on any atom is -0.508 e. The highest BCUT2D eigenvalue weighted by molar-refractivity contribution is 6.26. The summed E-state index contributed by atoms with van der Waals surface area (Å²) in [6.45, 7) is 3.31. The van der Waals surface area contributed by atoms with Crippen molar-refractivity contribution in [1.82, 2.24) is 10.9 Å². The molecule has 1 heterocycles. The summed E-state index contributed by atoms with van der Waals surface area (Å²) in [5.74, 6) is 0.0465. The van der Waals surface area contributed by atoms with Crippen molar-refractivity contribution in [3.05, 3.63) is 65.2 Å². The van der Waals surface area contributed by atoms with E-state index in [0.717, 1.165) is 11.1 Å². The third kappa shape index (κ3) is 5.29. The summed E-state index contributed by atoms with van der Waals surface area (Å²) >= 11 is 0. The van der Waals surface area contributed by atoms with Gasteiger partial charge in [0.1, 0.15) is 11.5 Å². The molecule has 29 heavy (non-hydrogen) atoms. The molecule has 0 saturated carbocycles. The lowest BCUT2D eigenvalue weighted by Gasteiger charge is -2.06. The van der Waals surface area contributed by atoms with Crippen LogP contribution < -0.4 is 15.6 Å². The molecule has 0 bridgehead atoms.